The SMILES string of the molecule is CC(C)(C)Oc1ccccc1C(=O)[O-]. The fraction of sp³-hybridized carbons (Fsp3) is 0.364. The van der Waals surface area contributed by atoms with E-state index in [0.717, 1.165) is 0 Å². The van der Waals surface area contributed by atoms with E-state index >= 15 is 0 Å². The van der Waals surface area contributed by atoms with Crippen LogP contribution >= 0.6 is 0 Å². The molecule has 3 nitrogen and oxygen atoms in total. The number of carbonyl (C=O) groups is 1. The Balaban J connectivity index is 3.02. The van der Waals surface area contributed by atoms with E-state index < -0.39 is 11.6 Å². The number of aromatic carboxylic acids is 1. The predicted molar refractivity (Wildman–Crippen MR) is 51.2 cm³/mol. The molecular weight excluding hydrogens is 180 g/mol. The van der Waals surface area contributed by atoms with Crippen LogP contribution in [0.2, 0.25) is 0 Å². The lowest BCUT2D eigenvalue weighted by atomic mass is 10.1. The second-order valence-corrected chi connectivity index (χ2v) is 4.00. The summed E-state index contributed by atoms with van der Waals surface area (Å²) in [5.74, 6) is -0.871. The standard InChI is InChI=1S/C11H14O3/c1-11(2,3)14-9-7-5-4-6-8(9)10(12)13/h4-7H,1-3H3,(H,12,13)/p-1. The number of ether oxygens (including phenoxy) is 1. The molecule has 3 heteroatoms. The van der Waals surface area contributed by atoms with Gasteiger partial charge in [-0.05, 0) is 32.9 Å². The van der Waals surface area contributed by atoms with Gasteiger partial charge in [-0.15, -0.1) is 0 Å². The Hall–Kier alpha value is -1.51. The van der Waals surface area contributed by atoms with Crippen LogP contribution < -0.4 is 9.84 Å². The van der Waals surface area contributed by atoms with Crippen molar-refractivity contribution in [2.24, 2.45) is 0 Å². The molecule has 76 valence electrons. The van der Waals surface area contributed by atoms with Gasteiger partial charge in [-0.1, -0.05) is 12.1 Å². The van der Waals surface area contributed by atoms with Crippen LogP contribution in [0.15, 0.2) is 24.3 Å². The van der Waals surface area contributed by atoms with Crippen LogP contribution in [-0.2, 0) is 0 Å². The Bertz CT molecular complexity index is 337. The summed E-state index contributed by atoms with van der Waals surface area (Å²) in [7, 11) is 0. The lowest BCUT2D eigenvalue weighted by Gasteiger charge is -2.23. The highest BCUT2D eigenvalue weighted by molar-refractivity contribution is 5.89. The molecule has 0 radical (unpaired) electrons. The van der Waals surface area contributed by atoms with Crippen molar-refractivity contribution >= 4 is 5.97 Å². The van der Waals surface area contributed by atoms with E-state index in [0.29, 0.717) is 5.75 Å². The first kappa shape index (κ1) is 10.6. The van der Waals surface area contributed by atoms with Crippen molar-refractivity contribution in [1.82, 2.24) is 0 Å². The Kier molecular flexibility index (Phi) is 2.79. The van der Waals surface area contributed by atoms with Crippen LogP contribution in [0.25, 0.3) is 0 Å². The minimum Gasteiger partial charge on any atom is -0.545 e. The largest absolute Gasteiger partial charge is 0.545 e. The highest BCUT2D eigenvalue weighted by atomic mass is 16.5. The van der Waals surface area contributed by atoms with Gasteiger partial charge in [0, 0.05) is 5.56 Å². The summed E-state index contributed by atoms with van der Waals surface area (Å²) >= 11 is 0. The second kappa shape index (κ2) is 3.70. The van der Waals surface area contributed by atoms with Crippen LogP contribution in [0.4, 0.5) is 0 Å². The molecule has 0 aliphatic carbocycles. The van der Waals surface area contributed by atoms with E-state index in [2.05, 4.69) is 0 Å². The molecule has 0 amide bonds. The lowest BCUT2D eigenvalue weighted by Crippen LogP contribution is -2.27. The van der Waals surface area contributed by atoms with Gasteiger partial charge < -0.3 is 14.6 Å². The Morgan fingerprint density at radius 3 is 2.36 bits per heavy atom. The zero-order chi connectivity index (χ0) is 10.8. The summed E-state index contributed by atoms with van der Waals surface area (Å²) in [5.41, 5.74) is -0.326. The smallest absolute Gasteiger partial charge is 0.129 e. The third kappa shape index (κ3) is 2.76. The number of carboxylic acid groups (broad SMARTS) is 1. The number of carboxylic acids is 1. The molecule has 0 aliphatic rings. The summed E-state index contributed by atoms with van der Waals surface area (Å²) in [6.45, 7) is 5.58. The highest BCUT2D eigenvalue weighted by Crippen LogP contribution is 2.22. The molecule has 0 bridgehead atoms. The molecule has 1 aromatic rings. The quantitative estimate of drug-likeness (QED) is 0.709. The molecule has 0 saturated heterocycles. The number of carbonyl (C=O) groups excluding carboxylic acids is 1. The molecule has 14 heavy (non-hydrogen) atoms. The van der Waals surface area contributed by atoms with Crippen molar-refractivity contribution in [2.45, 2.75) is 26.4 Å². The maximum Gasteiger partial charge on any atom is 0.129 e. The number of rotatable bonds is 2. The molecule has 0 heterocycles. The van der Waals surface area contributed by atoms with Crippen LogP contribution in [0.1, 0.15) is 31.1 Å². The first-order valence-electron chi connectivity index (χ1n) is 4.39. The zero-order valence-corrected chi connectivity index (χ0v) is 8.53. The first-order valence-corrected chi connectivity index (χ1v) is 4.39. The van der Waals surface area contributed by atoms with Crippen LogP contribution in [0, 0.1) is 0 Å². The van der Waals surface area contributed by atoms with E-state index in [-0.39, 0.29) is 5.56 Å². The van der Waals surface area contributed by atoms with Gasteiger partial charge in [-0.25, -0.2) is 0 Å². The van der Waals surface area contributed by atoms with Crippen molar-refractivity contribution in [3.63, 3.8) is 0 Å². The fourth-order valence-corrected chi connectivity index (χ4v) is 1.05. The Morgan fingerprint density at radius 1 is 1.29 bits per heavy atom. The van der Waals surface area contributed by atoms with E-state index in [9.17, 15) is 9.90 Å². The third-order valence-corrected chi connectivity index (χ3v) is 1.52. The number of para-hydroxylation sites is 1. The molecule has 1 rings (SSSR count). The summed E-state index contributed by atoms with van der Waals surface area (Å²) in [6.07, 6.45) is 0. The average molecular weight is 193 g/mol. The van der Waals surface area contributed by atoms with E-state index in [1.807, 2.05) is 20.8 Å². The molecule has 0 saturated carbocycles. The summed E-state index contributed by atoms with van der Waals surface area (Å²) in [6, 6.07) is 6.46. The van der Waals surface area contributed by atoms with Gasteiger partial charge >= 0.3 is 0 Å². The average Bonchev–Trinajstić information content (AvgIpc) is 2.01. The normalized spacial score (nSPS) is 11.1. The van der Waals surface area contributed by atoms with Crippen molar-refractivity contribution < 1.29 is 14.6 Å². The lowest BCUT2D eigenvalue weighted by molar-refractivity contribution is -0.255. The van der Waals surface area contributed by atoms with E-state index in [4.69, 9.17) is 4.74 Å². The Labute approximate surface area is 83.3 Å². The highest BCUT2D eigenvalue weighted by Gasteiger charge is 2.14. The maximum atomic E-state index is 10.7. The van der Waals surface area contributed by atoms with Gasteiger partial charge in [-0.2, -0.15) is 0 Å². The van der Waals surface area contributed by atoms with Crippen molar-refractivity contribution in [3.05, 3.63) is 29.8 Å². The minimum absolute atomic E-state index is 0.0856. The molecule has 0 aliphatic heterocycles. The summed E-state index contributed by atoms with van der Waals surface area (Å²) in [5, 5.41) is 10.7. The maximum absolute atomic E-state index is 10.7. The molecule has 0 spiro atoms. The monoisotopic (exact) mass is 193 g/mol. The van der Waals surface area contributed by atoms with E-state index in [1.165, 1.54) is 6.07 Å². The van der Waals surface area contributed by atoms with Crippen molar-refractivity contribution in [1.29, 1.82) is 0 Å². The van der Waals surface area contributed by atoms with Crippen molar-refractivity contribution in [2.75, 3.05) is 0 Å². The Morgan fingerprint density at radius 2 is 1.86 bits per heavy atom. The molecule has 0 aromatic heterocycles. The van der Waals surface area contributed by atoms with Gasteiger partial charge in [0.1, 0.15) is 11.4 Å². The van der Waals surface area contributed by atoms with Gasteiger partial charge in [0.05, 0.1) is 5.97 Å². The predicted octanol–water partition coefficient (Wildman–Crippen LogP) is 1.23. The van der Waals surface area contributed by atoms with Crippen LogP contribution in [0.3, 0.4) is 0 Å². The number of hydrogen-bond acceptors (Lipinski definition) is 3. The van der Waals surface area contributed by atoms with Crippen molar-refractivity contribution in [3.8, 4) is 5.75 Å². The molecule has 0 atom stereocenters. The molecule has 0 N–H and O–H groups in total. The van der Waals surface area contributed by atoms with Gasteiger partial charge in [-0.3, -0.25) is 0 Å². The number of benzene rings is 1. The third-order valence-electron chi connectivity index (χ3n) is 1.52. The summed E-state index contributed by atoms with van der Waals surface area (Å²) in [4.78, 5) is 10.7. The topological polar surface area (TPSA) is 49.4 Å². The van der Waals surface area contributed by atoms with Gasteiger partial charge in [0.15, 0.2) is 0 Å². The molecular formula is C11H13O3-. The summed E-state index contributed by atoms with van der Waals surface area (Å²) < 4.78 is 5.47. The van der Waals surface area contributed by atoms with Gasteiger partial charge in [0.25, 0.3) is 0 Å². The number of hydrogen-bond donors (Lipinski definition) is 0. The first-order chi connectivity index (χ1) is 6.40. The minimum atomic E-state index is -1.22. The molecule has 0 fully saturated rings. The molecule has 0 unspecified atom stereocenters. The van der Waals surface area contributed by atoms with Crippen LogP contribution in [0.5, 0.6) is 5.75 Å². The van der Waals surface area contributed by atoms with E-state index in [1.54, 1.807) is 18.2 Å². The van der Waals surface area contributed by atoms with Crippen LogP contribution in [-0.4, -0.2) is 11.6 Å². The van der Waals surface area contributed by atoms with Gasteiger partial charge in [0.2, 0.25) is 0 Å². The molecule has 1 aromatic carbocycles. The zero-order valence-electron chi connectivity index (χ0n) is 8.53. The second-order valence-electron chi connectivity index (χ2n) is 4.00. The fourth-order valence-electron chi connectivity index (χ4n) is 1.05.